The number of hydrogen-bond acceptors (Lipinski definition) is 4. The van der Waals surface area contributed by atoms with Crippen LogP contribution in [0.25, 0.3) is 11.0 Å². The van der Waals surface area contributed by atoms with Crippen LogP contribution in [-0.2, 0) is 24.4 Å². The van der Waals surface area contributed by atoms with Gasteiger partial charge < -0.3 is 9.47 Å². The van der Waals surface area contributed by atoms with Crippen molar-refractivity contribution < 1.29 is 4.79 Å². The highest BCUT2D eigenvalue weighted by Gasteiger charge is 2.30. The second-order valence-corrected chi connectivity index (χ2v) is 9.40. The van der Waals surface area contributed by atoms with Gasteiger partial charge in [0.1, 0.15) is 5.82 Å². The summed E-state index contributed by atoms with van der Waals surface area (Å²) in [6.07, 6.45) is 1.91. The molecule has 0 atom stereocenters. The SMILES string of the molecule is CCn1c(CN2CCC(C(=O)N3CCN(Cc4ccccc4)CC3)CC2)nc2ccccc21. The normalized spacial score (nSPS) is 18.8. The summed E-state index contributed by atoms with van der Waals surface area (Å²) in [5, 5.41) is 0. The van der Waals surface area contributed by atoms with E-state index in [1.54, 1.807) is 0 Å². The lowest BCUT2D eigenvalue weighted by Gasteiger charge is -2.38. The van der Waals surface area contributed by atoms with Crippen molar-refractivity contribution in [1.82, 2.24) is 24.3 Å². The highest BCUT2D eigenvalue weighted by atomic mass is 16.2. The third-order valence-corrected chi connectivity index (χ3v) is 7.28. The predicted molar refractivity (Wildman–Crippen MR) is 132 cm³/mol. The Hall–Kier alpha value is -2.70. The van der Waals surface area contributed by atoms with E-state index in [0.717, 1.165) is 83.1 Å². The van der Waals surface area contributed by atoms with E-state index >= 15 is 0 Å². The second-order valence-electron chi connectivity index (χ2n) is 9.40. The molecule has 1 amide bonds. The van der Waals surface area contributed by atoms with E-state index in [9.17, 15) is 4.79 Å². The number of rotatable bonds is 6. The number of likely N-dealkylation sites (tertiary alicyclic amines) is 1. The molecule has 0 saturated carbocycles. The smallest absolute Gasteiger partial charge is 0.225 e. The second kappa shape index (κ2) is 10.1. The molecule has 6 heteroatoms. The molecular formula is C27H35N5O. The first-order chi connectivity index (χ1) is 16.2. The molecule has 0 radical (unpaired) electrons. The van der Waals surface area contributed by atoms with Crippen molar-refractivity contribution in [3.63, 3.8) is 0 Å². The number of carbonyl (C=O) groups is 1. The minimum absolute atomic E-state index is 0.173. The van der Waals surface area contributed by atoms with Gasteiger partial charge in [-0.2, -0.15) is 0 Å². The van der Waals surface area contributed by atoms with Gasteiger partial charge in [-0.3, -0.25) is 14.6 Å². The van der Waals surface area contributed by atoms with Crippen molar-refractivity contribution in [3.8, 4) is 0 Å². The lowest BCUT2D eigenvalue weighted by Crippen LogP contribution is -2.51. The van der Waals surface area contributed by atoms with E-state index in [1.807, 2.05) is 0 Å². The largest absolute Gasteiger partial charge is 0.340 e. The number of aromatic nitrogens is 2. The molecule has 2 fully saturated rings. The molecule has 5 rings (SSSR count). The van der Waals surface area contributed by atoms with Gasteiger partial charge in [0.15, 0.2) is 0 Å². The van der Waals surface area contributed by atoms with Gasteiger partial charge in [-0.25, -0.2) is 4.98 Å². The Labute approximate surface area is 196 Å². The summed E-state index contributed by atoms with van der Waals surface area (Å²) in [6.45, 7) is 10.5. The van der Waals surface area contributed by atoms with Gasteiger partial charge in [0.2, 0.25) is 5.91 Å². The maximum atomic E-state index is 13.2. The summed E-state index contributed by atoms with van der Waals surface area (Å²) in [5.74, 6) is 1.68. The summed E-state index contributed by atoms with van der Waals surface area (Å²) < 4.78 is 2.32. The summed E-state index contributed by atoms with van der Waals surface area (Å²) >= 11 is 0. The van der Waals surface area contributed by atoms with Crippen molar-refractivity contribution in [2.24, 2.45) is 5.92 Å². The molecule has 3 heterocycles. The standard InChI is InChI=1S/C27H35N5O/c1-2-32-25-11-7-6-10-24(25)28-26(32)21-29-14-12-23(13-15-29)27(33)31-18-16-30(17-19-31)20-22-8-4-3-5-9-22/h3-11,23H,2,12-21H2,1H3. The Bertz CT molecular complexity index is 1060. The first-order valence-corrected chi connectivity index (χ1v) is 12.4. The van der Waals surface area contributed by atoms with Crippen LogP contribution in [0.2, 0.25) is 0 Å². The Morgan fingerprint density at radius 1 is 0.848 bits per heavy atom. The number of fused-ring (bicyclic) bond motifs is 1. The van der Waals surface area contributed by atoms with E-state index in [0.29, 0.717) is 5.91 Å². The lowest BCUT2D eigenvalue weighted by molar-refractivity contribution is -0.139. The average molecular weight is 446 g/mol. The molecule has 3 aromatic rings. The zero-order chi connectivity index (χ0) is 22.6. The van der Waals surface area contributed by atoms with E-state index in [2.05, 4.69) is 80.8 Å². The molecule has 6 nitrogen and oxygen atoms in total. The summed E-state index contributed by atoms with van der Waals surface area (Å²) in [4.78, 5) is 25.1. The van der Waals surface area contributed by atoms with Crippen molar-refractivity contribution >= 4 is 16.9 Å². The average Bonchev–Trinajstić information content (AvgIpc) is 3.22. The quantitative estimate of drug-likeness (QED) is 0.581. The highest BCUT2D eigenvalue weighted by molar-refractivity contribution is 5.79. The molecule has 0 spiro atoms. The zero-order valence-electron chi connectivity index (χ0n) is 19.7. The number of hydrogen-bond donors (Lipinski definition) is 0. The molecule has 2 saturated heterocycles. The van der Waals surface area contributed by atoms with E-state index < -0.39 is 0 Å². The molecule has 0 bridgehead atoms. The molecule has 2 aliphatic heterocycles. The molecular weight excluding hydrogens is 410 g/mol. The van der Waals surface area contributed by atoms with Gasteiger partial charge in [0, 0.05) is 45.2 Å². The van der Waals surface area contributed by atoms with Crippen LogP contribution in [0, 0.1) is 5.92 Å². The van der Waals surface area contributed by atoms with E-state index in [-0.39, 0.29) is 5.92 Å². The molecule has 0 N–H and O–H groups in total. The summed E-state index contributed by atoms with van der Waals surface area (Å²) in [7, 11) is 0. The third-order valence-electron chi connectivity index (χ3n) is 7.28. The van der Waals surface area contributed by atoms with Crippen LogP contribution in [0.4, 0.5) is 0 Å². The van der Waals surface area contributed by atoms with Crippen LogP contribution in [0.1, 0.15) is 31.2 Å². The predicted octanol–water partition coefficient (Wildman–Crippen LogP) is 3.61. The maximum absolute atomic E-state index is 13.2. The third kappa shape index (κ3) is 4.97. The molecule has 174 valence electrons. The summed E-state index contributed by atoms with van der Waals surface area (Å²) in [5.41, 5.74) is 3.64. The van der Waals surface area contributed by atoms with Crippen molar-refractivity contribution in [2.45, 2.75) is 39.4 Å². The number of benzene rings is 2. The van der Waals surface area contributed by atoms with Crippen LogP contribution < -0.4 is 0 Å². The molecule has 1 aromatic heterocycles. The minimum atomic E-state index is 0.173. The fourth-order valence-corrected chi connectivity index (χ4v) is 5.36. The highest BCUT2D eigenvalue weighted by Crippen LogP contribution is 2.23. The lowest BCUT2D eigenvalue weighted by atomic mass is 9.95. The minimum Gasteiger partial charge on any atom is -0.340 e. The Balaban J connectivity index is 1.11. The molecule has 2 aromatic carbocycles. The number of para-hydroxylation sites is 2. The van der Waals surface area contributed by atoms with Gasteiger partial charge in [-0.15, -0.1) is 0 Å². The number of carbonyl (C=O) groups excluding carboxylic acids is 1. The summed E-state index contributed by atoms with van der Waals surface area (Å²) in [6, 6.07) is 19.0. The van der Waals surface area contributed by atoms with Crippen molar-refractivity contribution in [1.29, 1.82) is 0 Å². The van der Waals surface area contributed by atoms with Gasteiger partial charge in [0.25, 0.3) is 0 Å². The van der Waals surface area contributed by atoms with E-state index in [1.165, 1.54) is 11.1 Å². The monoisotopic (exact) mass is 445 g/mol. The van der Waals surface area contributed by atoms with Gasteiger partial charge in [-0.1, -0.05) is 42.5 Å². The van der Waals surface area contributed by atoms with Gasteiger partial charge in [-0.05, 0) is 50.6 Å². The van der Waals surface area contributed by atoms with Crippen LogP contribution >= 0.6 is 0 Å². The first-order valence-electron chi connectivity index (χ1n) is 12.4. The Morgan fingerprint density at radius 2 is 1.52 bits per heavy atom. The molecule has 33 heavy (non-hydrogen) atoms. The fraction of sp³-hybridized carbons (Fsp3) is 0.481. The fourth-order valence-electron chi connectivity index (χ4n) is 5.36. The number of nitrogens with zero attached hydrogens (tertiary/aromatic N) is 5. The van der Waals surface area contributed by atoms with Crippen molar-refractivity contribution in [2.75, 3.05) is 39.3 Å². The first kappa shape index (κ1) is 22.1. The topological polar surface area (TPSA) is 44.6 Å². The molecule has 2 aliphatic rings. The zero-order valence-corrected chi connectivity index (χ0v) is 19.7. The maximum Gasteiger partial charge on any atom is 0.225 e. The van der Waals surface area contributed by atoms with Crippen molar-refractivity contribution in [3.05, 3.63) is 66.0 Å². The van der Waals surface area contributed by atoms with E-state index in [4.69, 9.17) is 4.98 Å². The Morgan fingerprint density at radius 3 is 2.24 bits per heavy atom. The number of imidazole rings is 1. The van der Waals surface area contributed by atoms with Crippen LogP contribution in [-0.4, -0.2) is 69.4 Å². The van der Waals surface area contributed by atoms with Crippen LogP contribution in [0.15, 0.2) is 54.6 Å². The van der Waals surface area contributed by atoms with Gasteiger partial charge in [0.05, 0.1) is 17.6 Å². The number of piperazine rings is 1. The molecule has 0 aliphatic carbocycles. The Kier molecular flexibility index (Phi) is 6.74. The number of amides is 1. The van der Waals surface area contributed by atoms with Crippen LogP contribution in [0.3, 0.4) is 0 Å². The number of aryl methyl sites for hydroxylation is 1. The number of piperidine rings is 1. The molecule has 0 unspecified atom stereocenters. The van der Waals surface area contributed by atoms with Gasteiger partial charge >= 0.3 is 0 Å². The van der Waals surface area contributed by atoms with Crippen LogP contribution in [0.5, 0.6) is 0 Å².